The molecule has 0 N–H and O–H groups in total. The van der Waals surface area contributed by atoms with E-state index in [4.69, 9.17) is 8.37 Å². The number of alkyl halides is 6. The Morgan fingerprint density at radius 2 is 0.638 bits per heavy atom. The number of fused-ring (bicyclic) bond motifs is 4. The average Bonchev–Trinajstić information content (AvgIpc) is 3.19. The summed E-state index contributed by atoms with van der Waals surface area (Å²) >= 11 is -1.13. The van der Waals surface area contributed by atoms with Crippen molar-refractivity contribution in [3.8, 4) is 33.8 Å². The Morgan fingerprint density at radius 1 is 0.362 bits per heavy atom. The summed E-state index contributed by atoms with van der Waals surface area (Å²) in [5.41, 5.74) is -10.2. The zero-order valence-electron chi connectivity index (χ0n) is 29.2. The molecule has 0 spiro atoms. The molecule has 0 aliphatic heterocycles. The van der Waals surface area contributed by atoms with E-state index in [9.17, 15) is 43.2 Å². The van der Waals surface area contributed by atoms with E-state index in [0.29, 0.717) is 52.4 Å². The molecule has 0 unspecified atom stereocenters. The van der Waals surface area contributed by atoms with E-state index in [-0.39, 0.29) is 11.1 Å². The third-order valence-corrected chi connectivity index (χ3v) is 18.4. The first-order chi connectivity index (χ1) is 27.5. The van der Waals surface area contributed by atoms with Gasteiger partial charge in [-0.3, -0.25) is 0 Å². The van der Waals surface area contributed by atoms with Gasteiger partial charge in [-0.1, -0.05) is 0 Å². The predicted octanol–water partition coefficient (Wildman–Crippen LogP) is 9.36. The zero-order valence-corrected chi connectivity index (χ0v) is 34.3. The Morgan fingerprint density at radius 3 is 0.948 bits per heavy atom. The van der Waals surface area contributed by atoms with Gasteiger partial charge in [0.05, 0.1) is 0 Å². The van der Waals surface area contributed by atoms with Crippen molar-refractivity contribution in [2.75, 3.05) is 0 Å². The Hall–Kier alpha value is -5.08. The van der Waals surface area contributed by atoms with Crippen LogP contribution in [0, 0.1) is 0 Å². The molecule has 0 heterocycles. The van der Waals surface area contributed by atoms with Gasteiger partial charge in [-0.15, -0.1) is 0 Å². The van der Waals surface area contributed by atoms with Crippen LogP contribution in [0.1, 0.15) is 0 Å². The molecule has 0 aromatic heterocycles. The first-order valence-corrected chi connectivity index (χ1v) is 25.8. The minimum absolute atomic E-state index is 0.135. The summed E-state index contributed by atoms with van der Waals surface area (Å²) in [5, 5.41) is 4.77. The Balaban J connectivity index is 1.36. The Kier molecular flexibility index (Phi) is 10.2. The molecule has 0 atom stereocenters. The topological polar surface area (TPSA) is 86.7 Å². The monoisotopic (exact) mass is 962 g/mol. The van der Waals surface area contributed by atoms with Crippen molar-refractivity contribution in [2.24, 2.45) is 0 Å². The van der Waals surface area contributed by atoms with E-state index in [1.807, 2.05) is 36.4 Å². The van der Waals surface area contributed by atoms with Gasteiger partial charge in [-0.05, 0) is 0 Å². The summed E-state index contributed by atoms with van der Waals surface area (Å²) in [6.45, 7) is 0. The van der Waals surface area contributed by atoms with E-state index in [1.54, 1.807) is 84.9 Å². The maximum atomic E-state index is 13.8. The van der Waals surface area contributed by atoms with Gasteiger partial charge in [0.1, 0.15) is 0 Å². The number of halogens is 6. The molecule has 0 aliphatic rings. The normalized spacial score (nSPS) is 12.7. The molecule has 16 heteroatoms. The van der Waals surface area contributed by atoms with Gasteiger partial charge >= 0.3 is 340 Å². The van der Waals surface area contributed by atoms with Crippen LogP contribution in [0.25, 0.3) is 65.3 Å². The Labute approximate surface area is 338 Å². The third-order valence-electron chi connectivity index (χ3n) is 9.25. The van der Waals surface area contributed by atoms with Crippen LogP contribution in [-0.4, -0.2) is 54.1 Å². The first-order valence-electron chi connectivity index (χ1n) is 17.0. The minimum atomic E-state index is -6.09. The molecule has 0 saturated heterocycles. The van der Waals surface area contributed by atoms with Gasteiger partial charge in [0.15, 0.2) is 0 Å². The fourth-order valence-electron chi connectivity index (χ4n) is 6.74. The van der Waals surface area contributed by atoms with Crippen molar-refractivity contribution in [3.05, 3.63) is 146 Å². The van der Waals surface area contributed by atoms with Crippen molar-refractivity contribution in [1.29, 1.82) is 0 Å². The summed E-state index contributed by atoms with van der Waals surface area (Å²) in [5.74, 6) is -1.04. The molecular weight excluding hydrogens is 936 g/mol. The second kappa shape index (κ2) is 14.9. The number of benzene rings is 8. The van der Waals surface area contributed by atoms with Crippen LogP contribution in [-0.2, 0) is 20.2 Å². The average molecular weight is 961 g/mol. The molecule has 0 saturated carbocycles. The van der Waals surface area contributed by atoms with E-state index < -0.39 is 69.0 Å². The van der Waals surface area contributed by atoms with Crippen LogP contribution in [0.15, 0.2) is 146 Å². The molecule has 0 radical (unpaired) electrons. The van der Waals surface area contributed by atoms with Gasteiger partial charge < -0.3 is 0 Å². The standard InChI is InChI=1S/C42H24F6O6S2Se2/c43-41(44,45)55(49,50)53-33-21-17-25-9-1-5-13-29(25)37(33)39-31-15-7-3-11-27(31)19-23-35(39)57-58-36-24-20-28-12-4-8-16-32(28)40(36)38-30-14-6-2-10-26(30)18-22-34(38)54-56(51,52)42(46,47)48/h1-24H. The second-order valence-corrected chi connectivity index (χ2v) is 22.0. The molecule has 6 nitrogen and oxygen atoms in total. The van der Waals surface area contributed by atoms with Gasteiger partial charge in [0, 0.05) is 0 Å². The summed E-state index contributed by atoms with van der Waals surface area (Å²) in [4.78, 5) is 0. The second-order valence-electron chi connectivity index (χ2n) is 12.8. The van der Waals surface area contributed by atoms with Crippen molar-refractivity contribution in [3.63, 3.8) is 0 Å². The zero-order chi connectivity index (χ0) is 41.0. The van der Waals surface area contributed by atoms with Crippen LogP contribution < -0.4 is 17.3 Å². The van der Waals surface area contributed by atoms with Gasteiger partial charge in [0.25, 0.3) is 0 Å². The molecule has 58 heavy (non-hydrogen) atoms. The van der Waals surface area contributed by atoms with Crippen molar-refractivity contribution in [1.82, 2.24) is 0 Å². The molecule has 0 bridgehead atoms. The summed E-state index contributed by atoms with van der Waals surface area (Å²) < 4.78 is 144. The molecule has 0 fully saturated rings. The third kappa shape index (κ3) is 7.29. The first kappa shape index (κ1) is 39.7. The number of hydrogen-bond donors (Lipinski definition) is 0. The quantitative estimate of drug-likeness (QED) is 0.0621. The SMILES string of the molecule is O=S(=O)(Oc1ccc2ccccc2c1-c1c([Se][Se]c2ccc3ccccc3c2-c2c(OS(=O)(=O)C(F)(F)F)ccc3ccccc23)ccc2ccccc12)C(F)(F)F. The van der Waals surface area contributed by atoms with Crippen LogP contribution in [0.4, 0.5) is 26.3 Å². The van der Waals surface area contributed by atoms with Crippen LogP contribution >= 0.6 is 0 Å². The molecule has 8 rings (SSSR count). The van der Waals surface area contributed by atoms with Crippen LogP contribution in [0.2, 0.25) is 0 Å². The molecular formula is C42H24F6O6S2Se2. The van der Waals surface area contributed by atoms with Crippen LogP contribution in [0.3, 0.4) is 0 Å². The van der Waals surface area contributed by atoms with Crippen molar-refractivity contribution >= 4 is 98.5 Å². The molecule has 8 aromatic rings. The van der Waals surface area contributed by atoms with Crippen LogP contribution in [0.5, 0.6) is 11.5 Å². The Bertz CT molecular complexity index is 2940. The van der Waals surface area contributed by atoms with Crippen molar-refractivity contribution in [2.45, 2.75) is 11.0 Å². The van der Waals surface area contributed by atoms with E-state index in [0.717, 1.165) is 10.8 Å². The van der Waals surface area contributed by atoms with E-state index in [2.05, 4.69) is 0 Å². The molecule has 0 aliphatic carbocycles. The number of rotatable bonds is 9. The van der Waals surface area contributed by atoms with Gasteiger partial charge in [-0.2, -0.15) is 0 Å². The maximum absolute atomic E-state index is 13.8. The molecule has 294 valence electrons. The summed E-state index contributed by atoms with van der Waals surface area (Å²) in [6.07, 6.45) is 0. The summed E-state index contributed by atoms with van der Waals surface area (Å²) in [6, 6.07) is 40.6. The van der Waals surface area contributed by atoms with Crippen molar-refractivity contribution < 1.29 is 51.5 Å². The van der Waals surface area contributed by atoms with E-state index in [1.165, 1.54) is 24.3 Å². The molecule has 8 aromatic carbocycles. The van der Waals surface area contributed by atoms with Gasteiger partial charge in [-0.25, -0.2) is 0 Å². The van der Waals surface area contributed by atoms with Gasteiger partial charge in [0.2, 0.25) is 0 Å². The predicted molar refractivity (Wildman–Crippen MR) is 216 cm³/mol. The van der Waals surface area contributed by atoms with E-state index >= 15 is 0 Å². The number of hydrogen-bond acceptors (Lipinski definition) is 6. The fourth-order valence-corrected chi connectivity index (χ4v) is 14.8. The molecule has 0 amide bonds. The fraction of sp³-hybridized carbons (Fsp3) is 0.0476. The summed E-state index contributed by atoms with van der Waals surface area (Å²) in [7, 11) is -12.2.